The van der Waals surface area contributed by atoms with E-state index in [1.807, 2.05) is 18.3 Å². The fourth-order valence-corrected chi connectivity index (χ4v) is 3.60. The van der Waals surface area contributed by atoms with Crippen molar-refractivity contribution in [1.29, 1.82) is 0 Å². The molecule has 2 aromatic rings. The average Bonchev–Trinajstić information content (AvgIpc) is 2.99. The van der Waals surface area contributed by atoms with Gasteiger partial charge in [0.05, 0.1) is 18.8 Å². The normalized spacial score (nSPS) is 20.4. The highest BCUT2D eigenvalue weighted by atomic mass is 16.5. The highest BCUT2D eigenvalue weighted by Gasteiger charge is 2.29. The van der Waals surface area contributed by atoms with Crippen molar-refractivity contribution in [3.63, 3.8) is 0 Å². The van der Waals surface area contributed by atoms with Gasteiger partial charge in [-0.05, 0) is 30.8 Å². The largest absolute Gasteiger partial charge is 0.496 e. The number of methoxy groups -OCH3 is 1. The number of likely N-dealkylation sites (N-methyl/N-ethyl adjacent to an activating group) is 1. The Labute approximate surface area is 147 Å². The number of hydrogen-bond donors (Lipinski definition) is 1. The Morgan fingerprint density at radius 3 is 2.68 bits per heavy atom. The topological polar surface area (TPSA) is 67.5 Å². The molecule has 25 heavy (non-hydrogen) atoms. The zero-order chi connectivity index (χ0) is 17.4. The molecule has 0 unspecified atom stereocenters. The van der Waals surface area contributed by atoms with Gasteiger partial charge >= 0.3 is 0 Å². The van der Waals surface area contributed by atoms with Crippen molar-refractivity contribution in [3.05, 3.63) is 53.5 Å². The molecule has 4 rings (SSSR count). The van der Waals surface area contributed by atoms with Gasteiger partial charge in [0.2, 0.25) is 0 Å². The van der Waals surface area contributed by atoms with Crippen LogP contribution in [0.2, 0.25) is 0 Å². The third-order valence-corrected chi connectivity index (χ3v) is 4.97. The van der Waals surface area contributed by atoms with E-state index in [1.54, 1.807) is 13.3 Å². The van der Waals surface area contributed by atoms with E-state index in [0.717, 1.165) is 60.1 Å². The second-order valence-electron chi connectivity index (χ2n) is 6.54. The zero-order valence-electron chi connectivity index (χ0n) is 14.6. The summed E-state index contributed by atoms with van der Waals surface area (Å²) in [7, 11) is 3.84. The van der Waals surface area contributed by atoms with Gasteiger partial charge in [-0.1, -0.05) is 6.08 Å². The van der Waals surface area contributed by atoms with E-state index in [9.17, 15) is 0 Å². The molecule has 6 heteroatoms. The first kappa shape index (κ1) is 16.1. The maximum absolute atomic E-state index is 6.31. The summed E-state index contributed by atoms with van der Waals surface area (Å²) in [4.78, 5) is 13.9. The lowest BCUT2D eigenvalue weighted by Crippen LogP contribution is -2.45. The standard InChI is InChI=1S/C19H23N5O/c1-23-8-10-24(11-9-23)19-13(4-3-6-22-19)14-12-15(20)18-17(14)16(25-2)5-7-21-18/h3-7,12,15H,8-11,20H2,1-2H3/t15-/m0/s1. The summed E-state index contributed by atoms with van der Waals surface area (Å²) in [5, 5.41) is 0. The Morgan fingerprint density at radius 2 is 1.92 bits per heavy atom. The SMILES string of the molecule is COc1ccnc2c1C(c1cccnc1N1CCN(C)CC1)=C[C@@H]2N. The van der Waals surface area contributed by atoms with Crippen LogP contribution in [-0.4, -0.2) is 55.2 Å². The number of aromatic nitrogens is 2. The summed E-state index contributed by atoms with van der Waals surface area (Å²) < 4.78 is 5.58. The minimum atomic E-state index is -0.222. The van der Waals surface area contributed by atoms with E-state index in [0.29, 0.717) is 0 Å². The van der Waals surface area contributed by atoms with Crippen LogP contribution in [0.5, 0.6) is 5.75 Å². The summed E-state index contributed by atoms with van der Waals surface area (Å²) in [5.74, 6) is 1.81. The molecule has 0 amide bonds. The van der Waals surface area contributed by atoms with Crippen molar-refractivity contribution < 1.29 is 4.74 Å². The van der Waals surface area contributed by atoms with E-state index in [1.165, 1.54) is 0 Å². The molecule has 1 fully saturated rings. The Hall–Kier alpha value is -2.44. The van der Waals surface area contributed by atoms with Crippen LogP contribution in [0.15, 0.2) is 36.7 Å². The quantitative estimate of drug-likeness (QED) is 0.919. The molecule has 6 nitrogen and oxygen atoms in total. The van der Waals surface area contributed by atoms with Gasteiger partial charge in [-0.15, -0.1) is 0 Å². The molecule has 1 atom stereocenters. The number of fused-ring (bicyclic) bond motifs is 1. The Morgan fingerprint density at radius 1 is 1.12 bits per heavy atom. The van der Waals surface area contributed by atoms with E-state index >= 15 is 0 Å². The van der Waals surface area contributed by atoms with Crippen molar-refractivity contribution in [3.8, 4) is 5.75 Å². The average molecular weight is 337 g/mol. The number of rotatable bonds is 3. The molecule has 130 valence electrons. The Balaban J connectivity index is 1.79. The molecule has 2 aromatic heterocycles. The molecular weight excluding hydrogens is 314 g/mol. The Bertz CT molecular complexity index is 811. The van der Waals surface area contributed by atoms with Gasteiger partial charge in [0.15, 0.2) is 0 Å². The molecule has 2 aliphatic rings. The molecule has 2 N–H and O–H groups in total. The highest BCUT2D eigenvalue weighted by molar-refractivity contribution is 5.91. The molecule has 1 aliphatic heterocycles. The lowest BCUT2D eigenvalue weighted by Gasteiger charge is -2.34. The van der Waals surface area contributed by atoms with E-state index < -0.39 is 0 Å². The highest BCUT2D eigenvalue weighted by Crippen LogP contribution is 2.43. The fourth-order valence-electron chi connectivity index (χ4n) is 3.60. The summed E-state index contributed by atoms with van der Waals surface area (Å²) >= 11 is 0. The van der Waals surface area contributed by atoms with Gasteiger partial charge in [-0.25, -0.2) is 4.98 Å². The molecule has 0 saturated carbocycles. The number of pyridine rings is 2. The molecule has 3 heterocycles. The van der Waals surface area contributed by atoms with Gasteiger partial charge in [0.1, 0.15) is 11.6 Å². The van der Waals surface area contributed by atoms with Crippen molar-refractivity contribution in [2.24, 2.45) is 5.73 Å². The van der Waals surface area contributed by atoms with Crippen LogP contribution in [0.3, 0.4) is 0 Å². The summed E-state index contributed by atoms with van der Waals surface area (Å²) in [6.45, 7) is 4.01. The molecule has 1 saturated heterocycles. The summed E-state index contributed by atoms with van der Waals surface area (Å²) in [6, 6.07) is 5.75. The number of piperazine rings is 1. The number of anilines is 1. The van der Waals surface area contributed by atoms with Crippen molar-refractivity contribution >= 4 is 11.4 Å². The Kier molecular flexibility index (Phi) is 4.15. The van der Waals surface area contributed by atoms with Crippen LogP contribution in [0.4, 0.5) is 5.82 Å². The number of nitrogens with two attached hydrogens (primary N) is 1. The van der Waals surface area contributed by atoms with Crippen LogP contribution < -0.4 is 15.4 Å². The second-order valence-corrected chi connectivity index (χ2v) is 6.54. The lowest BCUT2D eigenvalue weighted by molar-refractivity contribution is 0.312. The van der Waals surface area contributed by atoms with Gasteiger partial charge in [-0.3, -0.25) is 4.98 Å². The van der Waals surface area contributed by atoms with Crippen molar-refractivity contribution in [2.75, 3.05) is 45.2 Å². The van der Waals surface area contributed by atoms with Crippen LogP contribution in [-0.2, 0) is 0 Å². The predicted molar refractivity (Wildman–Crippen MR) is 98.7 cm³/mol. The monoisotopic (exact) mass is 337 g/mol. The lowest BCUT2D eigenvalue weighted by atomic mass is 10.00. The van der Waals surface area contributed by atoms with Crippen LogP contribution in [0.25, 0.3) is 5.57 Å². The van der Waals surface area contributed by atoms with Gasteiger partial charge in [0, 0.05) is 49.7 Å². The van der Waals surface area contributed by atoms with Gasteiger partial charge < -0.3 is 20.3 Å². The molecule has 1 aliphatic carbocycles. The maximum Gasteiger partial charge on any atom is 0.136 e. The maximum atomic E-state index is 6.31. The van der Waals surface area contributed by atoms with E-state index in [2.05, 4.69) is 39.0 Å². The summed E-state index contributed by atoms with van der Waals surface area (Å²) in [5.41, 5.74) is 10.3. The van der Waals surface area contributed by atoms with Gasteiger partial charge in [0.25, 0.3) is 0 Å². The fraction of sp³-hybridized carbons (Fsp3) is 0.368. The van der Waals surface area contributed by atoms with E-state index in [-0.39, 0.29) is 6.04 Å². The number of ether oxygens (including phenoxy) is 1. The molecule has 0 aromatic carbocycles. The molecule has 0 spiro atoms. The number of hydrogen-bond acceptors (Lipinski definition) is 6. The van der Waals surface area contributed by atoms with Crippen LogP contribution in [0, 0.1) is 0 Å². The van der Waals surface area contributed by atoms with Gasteiger partial charge in [-0.2, -0.15) is 0 Å². The second kappa shape index (κ2) is 6.46. The third-order valence-electron chi connectivity index (χ3n) is 4.97. The van der Waals surface area contributed by atoms with Crippen LogP contribution in [0.1, 0.15) is 22.9 Å². The minimum Gasteiger partial charge on any atom is -0.496 e. The first-order valence-corrected chi connectivity index (χ1v) is 8.58. The van der Waals surface area contributed by atoms with Crippen molar-refractivity contribution in [2.45, 2.75) is 6.04 Å². The summed E-state index contributed by atoms with van der Waals surface area (Å²) in [6.07, 6.45) is 5.67. The predicted octanol–water partition coefficient (Wildman–Crippen LogP) is 1.68. The third kappa shape index (κ3) is 2.77. The zero-order valence-corrected chi connectivity index (χ0v) is 14.6. The molecule has 0 bridgehead atoms. The smallest absolute Gasteiger partial charge is 0.136 e. The van der Waals surface area contributed by atoms with Crippen molar-refractivity contribution in [1.82, 2.24) is 14.9 Å². The van der Waals surface area contributed by atoms with E-state index in [4.69, 9.17) is 10.5 Å². The first-order valence-electron chi connectivity index (χ1n) is 8.58. The number of nitrogens with zero attached hydrogens (tertiary/aromatic N) is 4. The van der Waals surface area contributed by atoms with Crippen LogP contribution >= 0.6 is 0 Å². The molecular formula is C19H23N5O. The minimum absolute atomic E-state index is 0.222. The first-order chi connectivity index (χ1) is 12.2. The molecule has 0 radical (unpaired) electrons.